The number of alkyl halides is 3. The van der Waals surface area contributed by atoms with Crippen molar-refractivity contribution in [2.75, 3.05) is 45.8 Å². The van der Waals surface area contributed by atoms with Gasteiger partial charge >= 0.3 is 6.18 Å². The number of halogens is 3. The molecule has 0 unspecified atom stereocenters. The number of carbonyl (C=O) groups is 1. The lowest BCUT2D eigenvalue weighted by Crippen LogP contribution is -2.51. The summed E-state index contributed by atoms with van der Waals surface area (Å²) in [5.41, 5.74) is 0. The molecule has 2 aliphatic rings. The van der Waals surface area contributed by atoms with Crippen molar-refractivity contribution in [3.05, 3.63) is 0 Å². The molecule has 120 valence electrons. The Hall–Kier alpha value is -0.960. The summed E-state index contributed by atoms with van der Waals surface area (Å²) in [6, 6.07) is 0. The Morgan fingerprint density at radius 2 is 2.05 bits per heavy atom. The molecule has 2 rings (SSSR count). The van der Waals surface area contributed by atoms with Crippen molar-refractivity contribution in [2.45, 2.75) is 18.3 Å². The third-order valence-electron chi connectivity index (χ3n) is 3.29. The molecule has 9 heteroatoms. The fraction of sp³-hybridized carbons (Fsp3) is 0.833. The summed E-state index contributed by atoms with van der Waals surface area (Å²) < 4.78 is 36.0. The molecule has 0 aliphatic carbocycles. The summed E-state index contributed by atoms with van der Waals surface area (Å²) in [4.78, 5) is 20.0. The molecule has 1 fully saturated rings. The maximum atomic E-state index is 12.0. The van der Waals surface area contributed by atoms with Gasteiger partial charge in [0.1, 0.15) is 6.54 Å². The van der Waals surface area contributed by atoms with Crippen molar-refractivity contribution in [1.29, 1.82) is 0 Å². The first kappa shape index (κ1) is 16.4. The second-order valence-electron chi connectivity index (χ2n) is 5.21. The lowest BCUT2D eigenvalue weighted by Gasteiger charge is -2.35. The van der Waals surface area contributed by atoms with E-state index < -0.39 is 18.6 Å². The van der Waals surface area contributed by atoms with Gasteiger partial charge in [-0.15, -0.1) is 0 Å². The number of thioether (sulfide) groups is 1. The van der Waals surface area contributed by atoms with Gasteiger partial charge in [0, 0.05) is 31.4 Å². The van der Waals surface area contributed by atoms with Crippen LogP contribution in [-0.4, -0.2) is 78.1 Å². The minimum Gasteiger partial charge on any atom is -0.349 e. The normalized spacial score (nSPS) is 24.1. The molecule has 0 aromatic rings. The Balaban J connectivity index is 1.68. The van der Waals surface area contributed by atoms with Gasteiger partial charge < -0.3 is 10.2 Å². The van der Waals surface area contributed by atoms with E-state index in [1.807, 2.05) is 10.2 Å². The summed E-state index contributed by atoms with van der Waals surface area (Å²) >= 11 is 1.75. The van der Waals surface area contributed by atoms with Crippen LogP contribution < -0.4 is 5.32 Å². The maximum Gasteiger partial charge on any atom is 0.405 e. The molecular weight excluding hydrogens is 305 g/mol. The molecule has 1 saturated heterocycles. The third-order valence-corrected chi connectivity index (χ3v) is 4.44. The smallest absolute Gasteiger partial charge is 0.349 e. The molecule has 0 radical (unpaired) electrons. The molecule has 1 N–H and O–H groups in total. The standard InChI is InChI=1S/C12H19F3N4OS/c1-9-6-16-11(21-9)19-4-2-18(3-5-19)7-10(20)17-8-12(13,14)15/h9H,2-8H2,1H3,(H,17,20)/t9-/m1/s1. The first-order chi connectivity index (χ1) is 9.83. The monoisotopic (exact) mass is 324 g/mol. The number of carbonyl (C=O) groups excluding carboxylic acids is 1. The number of aliphatic imine (C=N–C) groups is 1. The Labute approximate surface area is 125 Å². The highest BCUT2D eigenvalue weighted by atomic mass is 32.2. The Bertz CT molecular complexity index is 408. The number of rotatable bonds is 3. The zero-order chi connectivity index (χ0) is 15.5. The Morgan fingerprint density at radius 3 is 2.57 bits per heavy atom. The molecular formula is C12H19F3N4OS. The molecule has 0 saturated carbocycles. The largest absolute Gasteiger partial charge is 0.405 e. The molecule has 0 bridgehead atoms. The van der Waals surface area contributed by atoms with Gasteiger partial charge in [0.2, 0.25) is 5.91 Å². The van der Waals surface area contributed by atoms with E-state index in [0.717, 1.165) is 24.8 Å². The SMILES string of the molecule is C[C@@H]1CN=C(N2CCN(CC(=O)NCC(F)(F)F)CC2)S1. The molecule has 0 aromatic heterocycles. The number of amidine groups is 1. The van der Waals surface area contributed by atoms with Crippen LogP contribution in [0.1, 0.15) is 6.92 Å². The first-order valence-corrected chi connectivity index (χ1v) is 7.73. The van der Waals surface area contributed by atoms with Crippen molar-refractivity contribution in [3.63, 3.8) is 0 Å². The van der Waals surface area contributed by atoms with E-state index in [2.05, 4.69) is 16.8 Å². The highest BCUT2D eigenvalue weighted by molar-refractivity contribution is 8.14. The van der Waals surface area contributed by atoms with Crippen molar-refractivity contribution in [1.82, 2.24) is 15.1 Å². The molecule has 0 aromatic carbocycles. The van der Waals surface area contributed by atoms with E-state index in [-0.39, 0.29) is 6.54 Å². The van der Waals surface area contributed by atoms with Crippen LogP contribution in [0.25, 0.3) is 0 Å². The number of nitrogens with one attached hydrogen (secondary N) is 1. The molecule has 21 heavy (non-hydrogen) atoms. The van der Waals surface area contributed by atoms with Crippen LogP contribution >= 0.6 is 11.8 Å². The first-order valence-electron chi connectivity index (χ1n) is 6.85. The van der Waals surface area contributed by atoms with Gasteiger partial charge in [-0.1, -0.05) is 18.7 Å². The van der Waals surface area contributed by atoms with Gasteiger partial charge in [0.25, 0.3) is 0 Å². The van der Waals surface area contributed by atoms with E-state index in [4.69, 9.17) is 0 Å². The van der Waals surface area contributed by atoms with Gasteiger partial charge in [0.05, 0.1) is 13.1 Å². The van der Waals surface area contributed by atoms with Crippen LogP contribution in [0.5, 0.6) is 0 Å². The van der Waals surface area contributed by atoms with Crippen molar-refractivity contribution < 1.29 is 18.0 Å². The highest BCUT2D eigenvalue weighted by Gasteiger charge is 2.29. The lowest BCUT2D eigenvalue weighted by atomic mass is 10.3. The summed E-state index contributed by atoms with van der Waals surface area (Å²) in [5, 5.41) is 3.45. The average Bonchev–Trinajstić information content (AvgIpc) is 2.83. The van der Waals surface area contributed by atoms with Crippen LogP contribution in [0.3, 0.4) is 0 Å². The van der Waals surface area contributed by atoms with Crippen molar-refractivity contribution in [2.24, 2.45) is 4.99 Å². The fourth-order valence-corrected chi connectivity index (χ4v) is 3.18. The molecule has 1 amide bonds. The summed E-state index contributed by atoms with van der Waals surface area (Å²) in [6.07, 6.45) is -4.36. The summed E-state index contributed by atoms with van der Waals surface area (Å²) in [5.74, 6) is -0.582. The second-order valence-corrected chi connectivity index (χ2v) is 6.61. The van der Waals surface area contributed by atoms with E-state index >= 15 is 0 Å². The minimum absolute atomic E-state index is 0.0138. The molecule has 1 atom stereocenters. The number of amides is 1. The minimum atomic E-state index is -4.36. The molecule has 0 spiro atoms. The van der Waals surface area contributed by atoms with E-state index in [1.165, 1.54) is 0 Å². The number of hydrogen-bond donors (Lipinski definition) is 1. The van der Waals surface area contributed by atoms with Crippen LogP contribution in [-0.2, 0) is 4.79 Å². The zero-order valence-corrected chi connectivity index (χ0v) is 12.6. The predicted octanol–water partition coefficient (Wildman–Crippen LogP) is 0.774. The molecule has 5 nitrogen and oxygen atoms in total. The van der Waals surface area contributed by atoms with Gasteiger partial charge in [-0.25, -0.2) is 0 Å². The van der Waals surface area contributed by atoms with Crippen LogP contribution in [0, 0.1) is 0 Å². The molecule has 2 aliphatic heterocycles. The highest BCUT2D eigenvalue weighted by Crippen LogP contribution is 2.23. The quantitative estimate of drug-likeness (QED) is 0.833. The van der Waals surface area contributed by atoms with Gasteiger partial charge in [-0.3, -0.25) is 14.7 Å². The van der Waals surface area contributed by atoms with Crippen LogP contribution in [0.2, 0.25) is 0 Å². The summed E-state index contributed by atoms with van der Waals surface area (Å²) in [7, 11) is 0. The number of hydrogen-bond acceptors (Lipinski definition) is 5. The third kappa shape index (κ3) is 5.39. The van der Waals surface area contributed by atoms with Gasteiger partial charge in [-0.2, -0.15) is 13.2 Å². The van der Waals surface area contributed by atoms with Crippen LogP contribution in [0.15, 0.2) is 4.99 Å². The van der Waals surface area contributed by atoms with Gasteiger partial charge in [-0.05, 0) is 0 Å². The average molecular weight is 324 g/mol. The lowest BCUT2D eigenvalue weighted by molar-refractivity contribution is -0.139. The van der Waals surface area contributed by atoms with Crippen molar-refractivity contribution in [3.8, 4) is 0 Å². The maximum absolute atomic E-state index is 12.0. The second kappa shape index (κ2) is 6.87. The topological polar surface area (TPSA) is 47.9 Å². The van der Waals surface area contributed by atoms with Crippen LogP contribution in [0.4, 0.5) is 13.2 Å². The Morgan fingerprint density at radius 1 is 1.38 bits per heavy atom. The Kier molecular flexibility index (Phi) is 5.37. The van der Waals surface area contributed by atoms with Crippen molar-refractivity contribution >= 4 is 22.8 Å². The fourth-order valence-electron chi connectivity index (χ4n) is 2.19. The predicted molar refractivity (Wildman–Crippen MR) is 76.4 cm³/mol. The van der Waals surface area contributed by atoms with Gasteiger partial charge in [0.15, 0.2) is 5.17 Å². The van der Waals surface area contributed by atoms with E-state index in [1.54, 1.807) is 11.8 Å². The number of nitrogens with zero attached hydrogens (tertiary/aromatic N) is 3. The molecule has 2 heterocycles. The zero-order valence-electron chi connectivity index (χ0n) is 11.8. The van der Waals surface area contributed by atoms with E-state index in [0.29, 0.717) is 18.3 Å². The summed E-state index contributed by atoms with van der Waals surface area (Å²) in [6.45, 7) is 4.54. The number of piperazine rings is 1. The van der Waals surface area contributed by atoms with E-state index in [9.17, 15) is 18.0 Å².